The van der Waals surface area contributed by atoms with E-state index in [1.54, 1.807) is 19.1 Å². The Morgan fingerprint density at radius 3 is 2.89 bits per heavy atom. The van der Waals surface area contributed by atoms with Crippen LogP contribution < -0.4 is 5.32 Å². The van der Waals surface area contributed by atoms with Crippen LogP contribution in [-0.2, 0) is 5.60 Å². The Morgan fingerprint density at radius 2 is 2.22 bits per heavy atom. The summed E-state index contributed by atoms with van der Waals surface area (Å²) in [4.78, 5) is 0. The molecule has 0 amide bonds. The Balaban J connectivity index is 2.15. The summed E-state index contributed by atoms with van der Waals surface area (Å²) in [6, 6.07) is 5.20. The van der Waals surface area contributed by atoms with E-state index in [0.717, 1.165) is 18.5 Å². The molecule has 1 heterocycles. The van der Waals surface area contributed by atoms with Gasteiger partial charge in [0.25, 0.3) is 0 Å². The maximum atomic E-state index is 13.8. The van der Waals surface area contributed by atoms with Gasteiger partial charge in [0.2, 0.25) is 0 Å². The molecule has 2 atom stereocenters. The standard InChI is InChI=1S/C15H22FNO/c1-11-6-7-14(16)13(9-11)15(2,18)10-12-5-3-4-8-17-12/h6-7,9,12,17-18H,3-5,8,10H2,1-2H3. The van der Waals surface area contributed by atoms with Crippen LogP contribution in [0.2, 0.25) is 0 Å². The van der Waals surface area contributed by atoms with Gasteiger partial charge >= 0.3 is 0 Å². The SMILES string of the molecule is Cc1ccc(F)c(C(C)(O)CC2CCCCN2)c1. The van der Waals surface area contributed by atoms with Gasteiger partial charge in [0.05, 0.1) is 5.60 Å². The molecule has 0 aromatic heterocycles. The highest BCUT2D eigenvalue weighted by Gasteiger charge is 2.30. The monoisotopic (exact) mass is 251 g/mol. The van der Waals surface area contributed by atoms with Crippen LogP contribution in [0.1, 0.15) is 43.7 Å². The highest BCUT2D eigenvalue weighted by Crippen LogP contribution is 2.30. The van der Waals surface area contributed by atoms with Crippen LogP contribution in [0.4, 0.5) is 4.39 Å². The first-order chi connectivity index (χ1) is 8.49. The lowest BCUT2D eigenvalue weighted by Gasteiger charge is -2.32. The fourth-order valence-electron chi connectivity index (χ4n) is 2.74. The van der Waals surface area contributed by atoms with Gasteiger partial charge < -0.3 is 10.4 Å². The van der Waals surface area contributed by atoms with Crippen LogP contribution in [-0.4, -0.2) is 17.7 Å². The smallest absolute Gasteiger partial charge is 0.129 e. The maximum absolute atomic E-state index is 13.8. The number of benzene rings is 1. The fraction of sp³-hybridized carbons (Fsp3) is 0.600. The van der Waals surface area contributed by atoms with Crippen molar-refractivity contribution in [1.29, 1.82) is 0 Å². The number of halogens is 1. The van der Waals surface area contributed by atoms with Crippen molar-refractivity contribution in [2.45, 2.75) is 51.2 Å². The molecule has 0 radical (unpaired) electrons. The third-order valence-corrected chi connectivity index (χ3v) is 3.76. The molecule has 2 unspecified atom stereocenters. The van der Waals surface area contributed by atoms with E-state index in [1.165, 1.54) is 18.9 Å². The molecule has 100 valence electrons. The van der Waals surface area contributed by atoms with Gasteiger partial charge in [-0.15, -0.1) is 0 Å². The summed E-state index contributed by atoms with van der Waals surface area (Å²) in [7, 11) is 0. The van der Waals surface area contributed by atoms with Gasteiger partial charge in [0, 0.05) is 11.6 Å². The first-order valence-electron chi connectivity index (χ1n) is 6.71. The summed E-state index contributed by atoms with van der Waals surface area (Å²) in [5, 5.41) is 14.0. The molecule has 3 heteroatoms. The minimum absolute atomic E-state index is 0.286. The Labute approximate surface area is 108 Å². The fourth-order valence-corrected chi connectivity index (χ4v) is 2.74. The van der Waals surface area contributed by atoms with Gasteiger partial charge in [-0.3, -0.25) is 0 Å². The lowest BCUT2D eigenvalue weighted by Crippen LogP contribution is -2.40. The Morgan fingerprint density at radius 1 is 1.44 bits per heavy atom. The van der Waals surface area contributed by atoms with E-state index in [4.69, 9.17) is 0 Å². The molecule has 1 aromatic rings. The Bertz CT molecular complexity index is 411. The van der Waals surface area contributed by atoms with Crippen molar-refractivity contribution in [3.05, 3.63) is 35.1 Å². The number of aryl methyl sites for hydroxylation is 1. The predicted octanol–water partition coefficient (Wildman–Crippen LogP) is 2.87. The minimum Gasteiger partial charge on any atom is -0.385 e. The Hall–Kier alpha value is -0.930. The lowest BCUT2D eigenvalue weighted by atomic mass is 9.85. The molecule has 0 bridgehead atoms. The summed E-state index contributed by atoms with van der Waals surface area (Å²) < 4.78 is 13.8. The van der Waals surface area contributed by atoms with Gasteiger partial charge in [-0.25, -0.2) is 4.39 Å². The molecule has 2 nitrogen and oxygen atoms in total. The number of aliphatic hydroxyl groups is 1. The van der Waals surface area contributed by atoms with Crippen LogP contribution >= 0.6 is 0 Å². The third kappa shape index (κ3) is 3.09. The summed E-state index contributed by atoms with van der Waals surface area (Å²) >= 11 is 0. The van der Waals surface area contributed by atoms with Gasteiger partial charge in [-0.2, -0.15) is 0 Å². The van der Waals surface area contributed by atoms with Crippen LogP contribution in [0, 0.1) is 12.7 Å². The van der Waals surface area contributed by atoms with E-state index < -0.39 is 5.60 Å². The van der Waals surface area contributed by atoms with Crippen molar-refractivity contribution in [3.8, 4) is 0 Å². The normalized spacial score (nSPS) is 23.7. The average molecular weight is 251 g/mol. The molecule has 2 N–H and O–H groups in total. The molecule has 1 aromatic carbocycles. The predicted molar refractivity (Wildman–Crippen MR) is 71.0 cm³/mol. The quantitative estimate of drug-likeness (QED) is 0.865. The number of rotatable bonds is 3. The molecule has 0 spiro atoms. The van der Waals surface area contributed by atoms with E-state index >= 15 is 0 Å². The zero-order chi connectivity index (χ0) is 13.2. The zero-order valence-corrected chi connectivity index (χ0v) is 11.2. The molecular formula is C15H22FNO. The van der Waals surface area contributed by atoms with Crippen molar-refractivity contribution in [2.24, 2.45) is 0 Å². The third-order valence-electron chi connectivity index (χ3n) is 3.76. The molecule has 0 aliphatic carbocycles. The van der Waals surface area contributed by atoms with E-state index in [2.05, 4.69) is 5.32 Å². The van der Waals surface area contributed by atoms with Gasteiger partial charge in [0.1, 0.15) is 5.82 Å². The largest absolute Gasteiger partial charge is 0.385 e. The molecular weight excluding hydrogens is 229 g/mol. The zero-order valence-electron chi connectivity index (χ0n) is 11.2. The van der Waals surface area contributed by atoms with Crippen molar-refractivity contribution in [2.75, 3.05) is 6.54 Å². The number of hydrogen-bond acceptors (Lipinski definition) is 2. The molecule has 1 aliphatic heterocycles. The van der Waals surface area contributed by atoms with Crippen LogP contribution in [0.3, 0.4) is 0 Å². The minimum atomic E-state index is -1.11. The second-order valence-corrected chi connectivity index (χ2v) is 5.61. The van der Waals surface area contributed by atoms with Gasteiger partial charge in [-0.1, -0.05) is 24.1 Å². The number of nitrogens with one attached hydrogen (secondary N) is 1. The van der Waals surface area contributed by atoms with E-state index in [9.17, 15) is 9.50 Å². The highest BCUT2D eigenvalue weighted by atomic mass is 19.1. The topological polar surface area (TPSA) is 32.3 Å². The molecule has 1 fully saturated rings. The maximum Gasteiger partial charge on any atom is 0.129 e. The summed E-state index contributed by atoms with van der Waals surface area (Å²) in [5.74, 6) is -0.318. The van der Waals surface area contributed by atoms with E-state index in [0.29, 0.717) is 12.0 Å². The number of hydrogen-bond donors (Lipinski definition) is 2. The lowest BCUT2D eigenvalue weighted by molar-refractivity contribution is 0.0298. The first kappa shape index (κ1) is 13.5. The van der Waals surface area contributed by atoms with E-state index in [-0.39, 0.29) is 11.9 Å². The first-order valence-corrected chi connectivity index (χ1v) is 6.71. The van der Waals surface area contributed by atoms with Gasteiger partial charge in [0.15, 0.2) is 0 Å². The van der Waals surface area contributed by atoms with Crippen molar-refractivity contribution in [3.63, 3.8) is 0 Å². The number of piperidine rings is 1. The van der Waals surface area contributed by atoms with Crippen LogP contribution in [0.25, 0.3) is 0 Å². The second-order valence-electron chi connectivity index (χ2n) is 5.61. The second kappa shape index (κ2) is 5.37. The highest BCUT2D eigenvalue weighted by molar-refractivity contribution is 5.28. The van der Waals surface area contributed by atoms with Gasteiger partial charge in [-0.05, 0) is 45.7 Å². The average Bonchev–Trinajstić information content (AvgIpc) is 2.33. The van der Waals surface area contributed by atoms with E-state index in [1.807, 2.05) is 6.92 Å². The molecule has 1 aliphatic rings. The van der Waals surface area contributed by atoms with Crippen LogP contribution in [0.5, 0.6) is 0 Å². The van der Waals surface area contributed by atoms with Crippen LogP contribution in [0.15, 0.2) is 18.2 Å². The molecule has 0 saturated carbocycles. The Kier molecular flexibility index (Phi) is 4.03. The molecule has 1 saturated heterocycles. The summed E-state index contributed by atoms with van der Waals surface area (Å²) in [6.07, 6.45) is 4.00. The van der Waals surface area contributed by atoms with Crippen molar-refractivity contribution in [1.82, 2.24) is 5.32 Å². The summed E-state index contributed by atoms with van der Waals surface area (Å²) in [6.45, 7) is 4.62. The molecule has 18 heavy (non-hydrogen) atoms. The molecule has 2 rings (SSSR count). The van der Waals surface area contributed by atoms with Crippen molar-refractivity contribution < 1.29 is 9.50 Å². The summed E-state index contributed by atoms with van der Waals surface area (Å²) in [5.41, 5.74) is 0.281. The van der Waals surface area contributed by atoms with Crippen molar-refractivity contribution >= 4 is 0 Å².